The molecule has 0 bridgehead atoms. The Labute approximate surface area is 209 Å². The number of hydrogen-bond donors (Lipinski definition) is 1. The van der Waals surface area contributed by atoms with Gasteiger partial charge in [0.05, 0.1) is 22.8 Å². The summed E-state index contributed by atoms with van der Waals surface area (Å²) in [5.41, 5.74) is 2.41. The Morgan fingerprint density at radius 2 is 1.86 bits per heavy atom. The largest absolute Gasteiger partial charge is 0.480 e. The van der Waals surface area contributed by atoms with E-state index >= 15 is 0 Å². The van der Waals surface area contributed by atoms with Gasteiger partial charge in [-0.1, -0.05) is 18.2 Å². The predicted octanol–water partition coefficient (Wildman–Crippen LogP) is 2.34. The Bertz CT molecular complexity index is 1470. The van der Waals surface area contributed by atoms with E-state index in [0.29, 0.717) is 42.3 Å². The van der Waals surface area contributed by atoms with Crippen LogP contribution in [0.15, 0.2) is 58.2 Å². The molecule has 2 aromatic carbocycles. The molecule has 1 unspecified atom stereocenters. The Hall–Kier alpha value is -3.66. The maximum absolute atomic E-state index is 13.6. The van der Waals surface area contributed by atoms with E-state index in [1.54, 1.807) is 17.0 Å². The number of carbonyl (C=O) groups is 1. The maximum Gasteiger partial charge on any atom is 0.264 e. The van der Waals surface area contributed by atoms with Crippen LogP contribution in [-0.4, -0.2) is 53.7 Å². The molecule has 2 aliphatic heterocycles. The first kappa shape index (κ1) is 24.1. The molecule has 36 heavy (non-hydrogen) atoms. The molecule has 1 atom stereocenters. The van der Waals surface area contributed by atoms with Gasteiger partial charge in [-0.3, -0.25) is 9.59 Å². The first-order chi connectivity index (χ1) is 17.1. The number of carbonyl (C=O) groups excluding carboxylic acids is 1. The number of aromatic nitrogens is 2. The van der Waals surface area contributed by atoms with Crippen LogP contribution in [0.5, 0.6) is 5.75 Å². The highest BCUT2D eigenvalue weighted by Crippen LogP contribution is 2.30. The fourth-order valence-corrected chi connectivity index (χ4v) is 5.27. The quantitative estimate of drug-likeness (QED) is 0.563. The van der Waals surface area contributed by atoms with Gasteiger partial charge in [0.2, 0.25) is 5.95 Å². The lowest BCUT2D eigenvalue weighted by molar-refractivity contribution is -0.139. The van der Waals surface area contributed by atoms with Crippen LogP contribution in [0.25, 0.3) is 5.69 Å². The van der Waals surface area contributed by atoms with Crippen molar-refractivity contribution < 1.29 is 17.9 Å². The third kappa shape index (κ3) is 4.48. The van der Waals surface area contributed by atoms with Crippen LogP contribution in [0.3, 0.4) is 0 Å². The van der Waals surface area contributed by atoms with Crippen LogP contribution < -0.4 is 15.6 Å². The van der Waals surface area contributed by atoms with Crippen molar-refractivity contribution in [3.05, 3.63) is 75.7 Å². The number of hydrogen-bond acceptors (Lipinski definition) is 7. The van der Waals surface area contributed by atoms with E-state index in [4.69, 9.17) is 9.72 Å². The molecule has 0 aliphatic carbocycles. The molecule has 0 radical (unpaired) electrons. The van der Waals surface area contributed by atoms with Crippen molar-refractivity contribution in [2.24, 2.45) is 0 Å². The molecule has 0 fully saturated rings. The summed E-state index contributed by atoms with van der Waals surface area (Å²) in [7, 11) is -3.36. The van der Waals surface area contributed by atoms with E-state index in [0.717, 1.165) is 17.6 Å². The SMILES string of the molecule is CC(C)Nc1nc2c(c(=O)n1-c1ccc(S(C)(=O)=O)cc1)CCN(C(=O)C1Cc3ccccc3O1)C2. The number of amides is 1. The number of nitrogens with one attached hydrogen (secondary N) is 1. The average molecular weight is 509 g/mol. The van der Waals surface area contributed by atoms with E-state index in [1.807, 2.05) is 38.1 Å². The van der Waals surface area contributed by atoms with E-state index in [1.165, 1.54) is 16.7 Å². The van der Waals surface area contributed by atoms with Gasteiger partial charge in [-0.2, -0.15) is 0 Å². The molecule has 0 spiro atoms. The van der Waals surface area contributed by atoms with Crippen molar-refractivity contribution in [3.63, 3.8) is 0 Å². The molecular weight excluding hydrogens is 480 g/mol. The van der Waals surface area contributed by atoms with Crippen molar-refractivity contribution >= 4 is 21.7 Å². The number of para-hydroxylation sites is 1. The zero-order valence-electron chi connectivity index (χ0n) is 20.4. The molecule has 9 nitrogen and oxygen atoms in total. The summed E-state index contributed by atoms with van der Waals surface area (Å²) in [6, 6.07) is 13.8. The van der Waals surface area contributed by atoms with Crippen molar-refractivity contribution in [1.82, 2.24) is 14.5 Å². The Balaban J connectivity index is 1.46. The summed E-state index contributed by atoms with van der Waals surface area (Å²) < 4.78 is 31.1. The van der Waals surface area contributed by atoms with Gasteiger partial charge in [0.25, 0.3) is 11.5 Å². The van der Waals surface area contributed by atoms with Gasteiger partial charge in [-0.15, -0.1) is 0 Å². The summed E-state index contributed by atoms with van der Waals surface area (Å²) in [6.45, 7) is 4.49. The van der Waals surface area contributed by atoms with Gasteiger partial charge in [0.15, 0.2) is 15.9 Å². The molecule has 10 heteroatoms. The van der Waals surface area contributed by atoms with E-state index < -0.39 is 15.9 Å². The zero-order chi connectivity index (χ0) is 25.6. The smallest absolute Gasteiger partial charge is 0.264 e. The van der Waals surface area contributed by atoms with Crippen LogP contribution in [-0.2, 0) is 34.0 Å². The lowest BCUT2D eigenvalue weighted by Crippen LogP contribution is -2.46. The predicted molar refractivity (Wildman–Crippen MR) is 135 cm³/mol. The zero-order valence-corrected chi connectivity index (χ0v) is 21.2. The minimum atomic E-state index is -3.36. The molecule has 1 aromatic heterocycles. The topological polar surface area (TPSA) is 111 Å². The van der Waals surface area contributed by atoms with Crippen molar-refractivity contribution in [2.45, 2.75) is 50.3 Å². The van der Waals surface area contributed by atoms with E-state index in [2.05, 4.69) is 5.32 Å². The van der Waals surface area contributed by atoms with Crippen LogP contribution in [0.4, 0.5) is 5.95 Å². The number of fused-ring (bicyclic) bond motifs is 2. The fraction of sp³-hybridized carbons (Fsp3) is 0.346. The summed E-state index contributed by atoms with van der Waals surface area (Å²) >= 11 is 0. The van der Waals surface area contributed by atoms with Gasteiger partial charge in [0.1, 0.15) is 5.75 Å². The van der Waals surface area contributed by atoms with Gasteiger partial charge in [0, 0.05) is 30.8 Å². The number of rotatable bonds is 5. The summed E-state index contributed by atoms with van der Waals surface area (Å²) in [5.74, 6) is 0.969. The molecular formula is C26H28N4O5S. The monoisotopic (exact) mass is 508 g/mol. The van der Waals surface area contributed by atoms with Gasteiger partial charge in [-0.05, 0) is 56.2 Å². The third-order valence-corrected chi connectivity index (χ3v) is 7.54. The second kappa shape index (κ2) is 9.09. The number of benzene rings is 2. The fourth-order valence-electron chi connectivity index (χ4n) is 4.64. The first-order valence-electron chi connectivity index (χ1n) is 11.9. The molecule has 0 saturated heterocycles. The van der Waals surface area contributed by atoms with Crippen molar-refractivity contribution in [2.75, 3.05) is 18.1 Å². The molecule has 3 aromatic rings. The molecule has 3 heterocycles. The minimum absolute atomic E-state index is 0.0109. The number of nitrogens with zero attached hydrogens (tertiary/aromatic N) is 3. The van der Waals surface area contributed by atoms with Crippen LogP contribution in [0.2, 0.25) is 0 Å². The lowest BCUT2D eigenvalue weighted by atomic mass is 10.0. The standard InChI is InChI=1S/C26H28N4O5S/c1-16(2)27-26-28-21-15-29(25(32)23-14-17-6-4-5-7-22(17)35-23)13-12-20(21)24(31)30(26)18-8-10-19(11-9-18)36(3,33)34/h4-11,16,23H,12-15H2,1-3H3,(H,27,28). The van der Waals surface area contributed by atoms with Crippen LogP contribution in [0, 0.1) is 0 Å². The highest BCUT2D eigenvalue weighted by molar-refractivity contribution is 7.90. The second-order valence-electron chi connectivity index (χ2n) is 9.49. The van der Waals surface area contributed by atoms with Crippen molar-refractivity contribution in [3.8, 4) is 11.4 Å². The molecule has 5 rings (SSSR count). The molecule has 1 amide bonds. The third-order valence-electron chi connectivity index (χ3n) is 6.41. The van der Waals surface area contributed by atoms with Gasteiger partial charge >= 0.3 is 0 Å². The number of ether oxygens (including phenoxy) is 1. The highest BCUT2D eigenvalue weighted by atomic mass is 32.2. The highest BCUT2D eigenvalue weighted by Gasteiger charge is 2.35. The number of sulfone groups is 1. The summed E-state index contributed by atoms with van der Waals surface area (Å²) in [5, 5.41) is 3.22. The minimum Gasteiger partial charge on any atom is -0.480 e. The van der Waals surface area contributed by atoms with Crippen LogP contribution >= 0.6 is 0 Å². The Morgan fingerprint density at radius 3 is 2.53 bits per heavy atom. The van der Waals surface area contributed by atoms with E-state index in [9.17, 15) is 18.0 Å². The number of anilines is 1. The van der Waals surface area contributed by atoms with E-state index in [-0.39, 0.29) is 28.9 Å². The van der Waals surface area contributed by atoms with Gasteiger partial charge in [-0.25, -0.2) is 18.0 Å². The molecule has 2 aliphatic rings. The lowest BCUT2D eigenvalue weighted by Gasteiger charge is -2.30. The molecule has 188 valence electrons. The maximum atomic E-state index is 13.6. The Kier molecular flexibility index (Phi) is 6.07. The van der Waals surface area contributed by atoms with Gasteiger partial charge < -0.3 is 15.0 Å². The first-order valence-corrected chi connectivity index (χ1v) is 13.8. The Morgan fingerprint density at radius 1 is 1.14 bits per heavy atom. The normalized spacial score (nSPS) is 16.9. The summed E-state index contributed by atoms with van der Waals surface area (Å²) in [6.07, 6.45) is 1.46. The van der Waals surface area contributed by atoms with Crippen LogP contribution in [0.1, 0.15) is 30.7 Å². The second-order valence-corrected chi connectivity index (χ2v) is 11.5. The van der Waals surface area contributed by atoms with Crippen molar-refractivity contribution in [1.29, 1.82) is 0 Å². The molecule has 1 N–H and O–H groups in total. The average Bonchev–Trinajstić information content (AvgIpc) is 3.27. The summed E-state index contributed by atoms with van der Waals surface area (Å²) in [4.78, 5) is 33.5. The molecule has 0 saturated carbocycles.